The predicted molar refractivity (Wildman–Crippen MR) is 103 cm³/mol. The molecule has 134 valence electrons. The molecule has 3 heterocycles. The summed E-state index contributed by atoms with van der Waals surface area (Å²) in [5.41, 5.74) is 2.15. The van der Waals surface area contributed by atoms with Crippen molar-refractivity contribution in [3.63, 3.8) is 0 Å². The second-order valence-corrected chi connectivity index (χ2v) is 6.91. The van der Waals surface area contributed by atoms with Gasteiger partial charge in [-0.05, 0) is 43.5 Å². The van der Waals surface area contributed by atoms with Crippen molar-refractivity contribution < 1.29 is 4.79 Å². The van der Waals surface area contributed by atoms with Gasteiger partial charge in [0.15, 0.2) is 0 Å². The molecule has 2 aromatic heterocycles. The number of rotatable bonds is 4. The summed E-state index contributed by atoms with van der Waals surface area (Å²) in [5, 5.41) is 5.03. The summed E-state index contributed by atoms with van der Waals surface area (Å²) in [6, 6.07) is 8.15. The molecule has 0 atom stereocenters. The molecule has 3 aromatic rings. The largest absolute Gasteiger partial charge is 0.334 e. The summed E-state index contributed by atoms with van der Waals surface area (Å²) >= 11 is 0. The van der Waals surface area contributed by atoms with Crippen molar-refractivity contribution in [2.24, 2.45) is 7.05 Å². The molecule has 0 unspecified atom stereocenters. The highest BCUT2D eigenvalue weighted by atomic mass is 16.2. The average molecular weight is 349 g/mol. The number of aromatic nitrogens is 3. The van der Waals surface area contributed by atoms with E-state index in [1.165, 1.54) is 19.3 Å². The third-order valence-corrected chi connectivity index (χ3v) is 4.92. The second-order valence-electron chi connectivity index (χ2n) is 6.91. The maximum absolute atomic E-state index is 12.3. The second kappa shape index (κ2) is 7.25. The molecule has 26 heavy (non-hydrogen) atoms. The molecule has 4 rings (SSSR count). The number of anilines is 1. The molecule has 0 radical (unpaired) electrons. The quantitative estimate of drug-likeness (QED) is 0.786. The summed E-state index contributed by atoms with van der Waals surface area (Å²) < 4.78 is 1.99. The normalized spacial score (nSPS) is 15.3. The summed E-state index contributed by atoms with van der Waals surface area (Å²) in [6.45, 7) is 2.45. The Labute approximate surface area is 152 Å². The fraction of sp³-hybridized carbons (Fsp3) is 0.350. The zero-order valence-corrected chi connectivity index (χ0v) is 15.0. The van der Waals surface area contributed by atoms with Gasteiger partial charge in [-0.3, -0.25) is 9.69 Å². The number of carbonyl (C=O) groups is 1. The highest BCUT2D eigenvalue weighted by Crippen LogP contribution is 2.25. The van der Waals surface area contributed by atoms with Crippen molar-refractivity contribution in [1.29, 1.82) is 0 Å². The molecule has 1 aliphatic heterocycles. The van der Waals surface area contributed by atoms with E-state index >= 15 is 0 Å². The van der Waals surface area contributed by atoms with Crippen LogP contribution in [0.1, 0.15) is 19.3 Å². The Morgan fingerprint density at radius 2 is 1.96 bits per heavy atom. The molecular weight excluding hydrogens is 326 g/mol. The van der Waals surface area contributed by atoms with E-state index in [4.69, 9.17) is 0 Å². The molecule has 1 saturated heterocycles. The number of hydrogen-bond donors (Lipinski definition) is 1. The number of fused-ring (bicyclic) bond motifs is 1. The molecule has 0 bridgehead atoms. The van der Waals surface area contributed by atoms with Crippen LogP contribution in [0.25, 0.3) is 22.0 Å². The molecular formula is C20H23N5O. The number of likely N-dealkylation sites (tertiary alicyclic amines) is 1. The highest BCUT2D eigenvalue weighted by molar-refractivity contribution is 5.94. The van der Waals surface area contributed by atoms with Gasteiger partial charge in [-0.2, -0.15) is 0 Å². The molecule has 1 amide bonds. The first-order valence-electron chi connectivity index (χ1n) is 9.08. The van der Waals surface area contributed by atoms with Gasteiger partial charge in [0, 0.05) is 24.2 Å². The van der Waals surface area contributed by atoms with E-state index in [2.05, 4.69) is 32.3 Å². The lowest BCUT2D eigenvalue weighted by molar-refractivity contribution is -0.117. The maximum atomic E-state index is 12.3. The minimum absolute atomic E-state index is 0.00143. The van der Waals surface area contributed by atoms with Crippen molar-refractivity contribution in [1.82, 2.24) is 19.4 Å². The summed E-state index contributed by atoms with van der Waals surface area (Å²) in [6.07, 6.45) is 9.07. The maximum Gasteiger partial charge on any atom is 0.239 e. The van der Waals surface area contributed by atoms with Crippen LogP contribution in [0.15, 0.2) is 43.0 Å². The number of pyridine rings is 1. The lowest BCUT2D eigenvalue weighted by atomic mass is 10.1. The number of nitrogens with zero attached hydrogens (tertiary/aromatic N) is 4. The predicted octanol–water partition coefficient (Wildman–Crippen LogP) is 3.06. The monoisotopic (exact) mass is 349 g/mol. The first kappa shape index (κ1) is 16.7. The highest BCUT2D eigenvalue weighted by Gasteiger charge is 2.14. The lowest BCUT2D eigenvalue weighted by Crippen LogP contribution is -2.36. The summed E-state index contributed by atoms with van der Waals surface area (Å²) in [5.74, 6) is 0.600. The third-order valence-electron chi connectivity index (χ3n) is 4.92. The fourth-order valence-corrected chi connectivity index (χ4v) is 3.51. The number of amides is 1. The van der Waals surface area contributed by atoms with E-state index in [1.54, 1.807) is 12.5 Å². The molecule has 0 aliphatic carbocycles. The lowest BCUT2D eigenvalue weighted by Gasteiger charge is -2.25. The SMILES string of the molecule is Cn1cncc1-c1ccc2cnc(NC(=O)CN3CCCCC3)cc2c1. The third kappa shape index (κ3) is 3.60. The first-order chi connectivity index (χ1) is 12.7. The molecule has 6 heteroatoms. The van der Waals surface area contributed by atoms with Crippen molar-refractivity contribution >= 4 is 22.5 Å². The Balaban J connectivity index is 1.52. The van der Waals surface area contributed by atoms with Crippen LogP contribution >= 0.6 is 0 Å². The van der Waals surface area contributed by atoms with Gasteiger partial charge >= 0.3 is 0 Å². The zero-order valence-electron chi connectivity index (χ0n) is 15.0. The minimum atomic E-state index is 0.00143. The molecule has 0 saturated carbocycles. The number of benzene rings is 1. The number of imidazole rings is 1. The van der Waals surface area contributed by atoms with Gasteiger partial charge in [0.1, 0.15) is 5.82 Å². The molecule has 1 N–H and O–H groups in total. The summed E-state index contributed by atoms with van der Waals surface area (Å²) in [7, 11) is 1.98. The van der Waals surface area contributed by atoms with E-state index in [0.29, 0.717) is 12.4 Å². The van der Waals surface area contributed by atoms with E-state index in [-0.39, 0.29) is 5.91 Å². The van der Waals surface area contributed by atoms with Crippen LogP contribution in [0.2, 0.25) is 0 Å². The van der Waals surface area contributed by atoms with Crippen LogP contribution < -0.4 is 5.32 Å². The van der Waals surface area contributed by atoms with Gasteiger partial charge in [0.25, 0.3) is 0 Å². The van der Waals surface area contributed by atoms with Crippen molar-refractivity contribution in [2.45, 2.75) is 19.3 Å². The Hall–Kier alpha value is -2.73. The molecule has 0 spiro atoms. The standard InChI is InChI=1S/C20H23N5O/c1-24-14-21-12-18(24)15-5-6-16-11-22-19(10-17(16)9-15)23-20(26)13-25-7-3-2-4-8-25/h5-6,9-12,14H,2-4,7-8,13H2,1H3,(H,22,23,26). The van der Waals surface area contributed by atoms with Crippen LogP contribution in [0, 0.1) is 0 Å². The van der Waals surface area contributed by atoms with Gasteiger partial charge in [0.05, 0.1) is 24.8 Å². The van der Waals surface area contributed by atoms with Gasteiger partial charge < -0.3 is 9.88 Å². The number of carbonyl (C=O) groups excluding carboxylic acids is 1. The van der Waals surface area contributed by atoms with Gasteiger partial charge in [-0.1, -0.05) is 18.6 Å². The van der Waals surface area contributed by atoms with E-state index < -0.39 is 0 Å². The Bertz CT molecular complexity index is 927. The van der Waals surface area contributed by atoms with Crippen LogP contribution in [-0.2, 0) is 11.8 Å². The Morgan fingerprint density at radius 3 is 2.73 bits per heavy atom. The molecule has 6 nitrogen and oxygen atoms in total. The van der Waals surface area contributed by atoms with E-state index in [1.807, 2.05) is 29.9 Å². The van der Waals surface area contributed by atoms with E-state index in [9.17, 15) is 4.79 Å². The number of aryl methyl sites for hydroxylation is 1. The number of hydrogen-bond acceptors (Lipinski definition) is 4. The van der Waals surface area contributed by atoms with Crippen LogP contribution in [-0.4, -0.2) is 45.0 Å². The van der Waals surface area contributed by atoms with Gasteiger partial charge in [0.2, 0.25) is 5.91 Å². The fourth-order valence-electron chi connectivity index (χ4n) is 3.51. The minimum Gasteiger partial charge on any atom is -0.334 e. The van der Waals surface area contributed by atoms with E-state index in [0.717, 1.165) is 35.1 Å². The topological polar surface area (TPSA) is 63.1 Å². The van der Waals surface area contributed by atoms with Crippen LogP contribution in [0.3, 0.4) is 0 Å². The molecule has 1 aromatic carbocycles. The first-order valence-corrected chi connectivity index (χ1v) is 9.08. The Kier molecular flexibility index (Phi) is 4.67. The van der Waals surface area contributed by atoms with Crippen LogP contribution in [0.4, 0.5) is 5.82 Å². The zero-order chi connectivity index (χ0) is 17.9. The van der Waals surface area contributed by atoms with Crippen molar-refractivity contribution in [3.05, 3.63) is 43.0 Å². The smallest absolute Gasteiger partial charge is 0.239 e. The van der Waals surface area contributed by atoms with Crippen molar-refractivity contribution in [2.75, 3.05) is 25.0 Å². The Morgan fingerprint density at radius 1 is 1.12 bits per heavy atom. The van der Waals surface area contributed by atoms with Gasteiger partial charge in [-0.25, -0.2) is 9.97 Å². The average Bonchev–Trinajstić information content (AvgIpc) is 3.08. The molecule has 1 aliphatic rings. The molecule has 1 fully saturated rings. The van der Waals surface area contributed by atoms with Crippen molar-refractivity contribution in [3.8, 4) is 11.3 Å². The summed E-state index contributed by atoms with van der Waals surface area (Å²) in [4.78, 5) is 23.1. The number of piperidine rings is 1. The number of nitrogens with one attached hydrogen (secondary N) is 1. The van der Waals surface area contributed by atoms with Gasteiger partial charge in [-0.15, -0.1) is 0 Å². The van der Waals surface area contributed by atoms with Crippen LogP contribution in [0.5, 0.6) is 0 Å².